The van der Waals surface area contributed by atoms with Crippen molar-refractivity contribution in [1.29, 1.82) is 0 Å². The highest BCUT2D eigenvalue weighted by molar-refractivity contribution is 6.00. The summed E-state index contributed by atoms with van der Waals surface area (Å²) in [7, 11) is 4.73. The molecule has 3 aromatic carbocycles. The van der Waals surface area contributed by atoms with Crippen LogP contribution in [0.1, 0.15) is 35.6 Å². The molecule has 188 valence electrons. The number of aryl methyl sites for hydroxylation is 2. The van der Waals surface area contributed by atoms with Crippen molar-refractivity contribution in [3.8, 4) is 17.2 Å². The van der Waals surface area contributed by atoms with Crippen LogP contribution in [0.3, 0.4) is 0 Å². The highest BCUT2D eigenvalue weighted by atomic mass is 16.5. The molecule has 1 aliphatic rings. The highest BCUT2D eigenvalue weighted by Gasteiger charge is 2.42. The van der Waals surface area contributed by atoms with Crippen LogP contribution in [-0.4, -0.2) is 33.1 Å². The zero-order valence-electron chi connectivity index (χ0n) is 21.3. The van der Waals surface area contributed by atoms with Gasteiger partial charge in [-0.2, -0.15) is 0 Å². The van der Waals surface area contributed by atoms with Crippen molar-refractivity contribution in [3.63, 3.8) is 0 Å². The molecular weight excluding hydrogens is 456 g/mol. The van der Waals surface area contributed by atoms with E-state index in [9.17, 15) is 9.59 Å². The van der Waals surface area contributed by atoms with E-state index in [0.29, 0.717) is 29.4 Å². The van der Waals surface area contributed by atoms with Crippen LogP contribution in [0.15, 0.2) is 60.7 Å². The van der Waals surface area contributed by atoms with E-state index in [4.69, 9.17) is 14.2 Å². The van der Waals surface area contributed by atoms with E-state index in [0.717, 1.165) is 22.4 Å². The van der Waals surface area contributed by atoms with Crippen LogP contribution in [0.2, 0.25) is 0 Å². The highest BCUT2D eigenvalue weighted by Crippen LogP contribution is 2.44. The number of nitrogens with zero attached hydrogens (tertiary/aromatic N) is 1. The molecule has 2 amide bonds. The third-order valence-corrected chi connectivity index (χ3v) is 6.69. The first-order valence-electron chi connectivity index (χ1n) is 11.9. The molecule has 1 aliphatic heterocycles. The van der Waals surface area contributed by atoms with E-state index in [1.807, 2.05) is 68.4 Å². The number of hydrogen-bond acceptors (Lipinski definition) is 5. The van der Waals surface area contributed by atoms with Gasteiger partial charge >= 0.3 is 0 Å². The Labute approximate surface area is 212 Å². The standard InChI is InChI=1S/C29H32N2O5/c1-18-10-12-20(13-11-18)31-27(32)15-14-22(28(31)21-8-6-7-9-24(21)34-3)29(33)30-23-17-26(36-5)25(35-4)16-19(23)2/h6-13,16-17,22,28H,14-15H2,1-5H3,(H,30,33)/t22-,28-/m1/s1. The minimum Gasteiger partial charge on any atom is -0.496 e. The zero-order valence-corrected chi connectivity index (χ0v) is 21.3. The molecule has 7 nitrogen and oxygen atoms in total. The third kappa shape index (κ3) is 4.87. The van der Waals surface area contributed by atoms with Gasteiger partial charge in [0.2, 0.25) is 11.8 Å². The number of amides is 2. The lowest BCUT2D eigenvalue weighted by molar-refractivity contribution is -0.126. The van der Waals surface area contributed by atoms with Gasteiger partial charge < -0.3 is 24.4 Å². The summed E-state index contributed by atoms with van der Waals surface area (Å²) in [6.07, 6.45) is 0.685. The van der Waals surface area contributed by atoms with Crippen LogP contribution in [0.5, 0.6) is 17.2 Å². The molecule has 1 fully saturated rings. The second-order valence-electron chi connectivity index (χ2n) is 8.94. The maximum absolute atomic E-state index is 13.8. The van der Waals surface area contributed by atoms with Crippen molar-refractivity contribution in [2.45, 2.75) is 32.7 Å². The number of carbonyl (C=O) groups excluding carboxylic acids is 2. The number of para-hydroxylation sites is 1. The van der Waals surface area contributed by atoms with Gasteiger partial charge in [-0.05, 0) is 50.1 Å². The van der Waals surface area contributed by atoms with Gasteiger partial charge in [0.1, 0.15) is 5.75 Å². The van der Waals surface area contributed by atoms with Gasteiger partial charge in [-0.3, -0.25) is 9.59 Å². The Morgan fingerprint density at radius 2 is 1.53 bits per heavy atom. The fourth-order valence-corrected chi connectivity index (χ4v) is 4.78. The Bertz CT molecular complexity index is 1260. The molecule has 0 bridgehead atoms. The maximum atomic E-state index is 13.8. The second kappa shape index (κ2) is 10.7. The number of anilines is 2. The Hall–Kier alpha value is -4.00. The van der Waals surface area contributed by atoms with Gasteiger partial charge in [-0.15, -0.1) is 0 Å². The van der Waals surface area contributed by atoms with Crippen molar-refractivity contribution in [3.05, 3.63) is 77.4 Å². The van der Waals surface area contributed by atoms with Gasteiger partial charge in [0, 0.05) is 29.4 Å². The molecule has 4 rings (SSSR count). The number of carbonyl (C=O) groups is 2. The lowest BCUT2D eigenvalue weighted by Crippen LogP contribution is -2.47. The number of ether oxygens (including phenoxy) is 3. The van der Waals surface area contributed by atoms with Crippen LogP contribution < -0.4 is 24.4 Å². The van der Waals surface area contributed by atoms with Gasteiger partial charge in [0.25, 0.3) is 0 Å². The normalized spacial score (nSPS) is 17.5. The molecule has 3 aromatic rings. The van der Waals surface area contributed by atoms with Crippen LogP contribution >= 0.6 is 0 Å². The third-order valence-electron chi connectivity index (χ3n) is 6.69. The minimum atomic E-state index is -0.537. The van der Waals surface area contributed by atoms with Crippen LogP contribution in [0.25, 0.3) is 0 Å². The molecule has 0 radical (unpaired) electrons. The predicted octanol–water partition coefficient (Wildman–Crippen LogP) is 5.45. The fourth-order valence-electron chi connectivity index (χ4n) is 4.78. The average Bonchev–Trinajstić information content (AvgIpc) is 2.89. The Morgan fingerprint density at radius 1 is 0.889 bits per heavy atom. The molecule has 0 saturated carbocycles. The molecule has 0 spiro atoms. The first-order valence-corrected chi connectivity index (χ1v) is 11.9. The molecule has 7 heteroatoms. The summed E-state index contributed by atoms with van der Waals surface area (Å²) in [6, 6.07) is 18.4. The molecule has 1 N–H and O–H groups in total. The van der Waals surface area contributed by atoms with E-state index in [1.54, 1.807) is 32.3 Å². The van der Waals surface area contributed by atoms with Crippen molar-refractivity contribution in [2.75, 3.05) is 31.5 Å². The SMILES string of the molecule is COc1cc(C)c(NC(=O)[C@@H]2CCC(=O)N(c3ccc(C)cc3)[C@@H]2c2ccccc2OC)cc1OC. The summed E-state index contributed by atoms with van der Waals surface area (Å²) in [6.45, 7) is 3.90. The fraction of sp³-hybridized carbons (Fsp3) is 0.310. The lowest BCUT2D eigenvalue weighted by Gasteiger charge is -2.41. The number of benzene rings is 3. The van der Waals surface area contributed by atoms with E-state index >= 15 is 0 Å². The first kappa shape index (κ1) is 25.1. The largest absolute Gasteiger partial charge is 0.496 e. The average molecular weight is 489 g/mol. The molecule has 2 atom stereocenters. The number of rotatable bonds is 7. The number of hydrogen-bond donors (Lipinski definition) is 1. The summed E-state index contributed by atoms with van der Waals surface area (Å²) < 4.78 is 16.5. The minimum absolute atomic E-state index is 0.0268. The Kier molecular flexibility index (Phi) is 7.48. The van der Waals surface area contributed by atoms with Crippen molar-refractivity contribution in [1.82, 2.24) is 0 Å². The van der Waals surface area contributed by atoms with E-state index in [2.05, 4.69) is 5.32 Å². The van der Waals surface area contributed by atoms with Gasteiger partial charge in [-0.1, -0.05) is 35.9 Å². The van der Waals surface area contributed by atoms with Crippen LogP contribution in [0.4, 0.5) is 11.4 Å². The Balaban J connectivity index is 1.77. The van der Waals surface area contributed by atoms with Crippen LogP contribution in [0, 0.1) is 19.8 Å². The maximum Gasteiger partial charge on any atom is 0.229 e. The molecular formula is C29H32N2O5. The summed E-state index contributed by atoms with van der Waals surface area (Å²) in [5.41, 5.74) is 4.11. The quantitative estimate of drug-likeness (QED) is 0.478. The lowest BCUT2D eigenvalue weighted by atomic mass is 9.82. The Morgan fingerprint density at radius 3 is 2.19 bits per heavy atom. The monoisotopic (exact) mass is 488 g/mol. The van der Waals surface area contributed by atoms with E-state index in [-0.39, 0.29) is 18.2 Å². The topological polar surface area (TPSA) is 77.1 Å². The van der Waals surface area contributed by atoms with E-state index in [1.165, 1.54) is 0 Å². The van der Waals surface area contributed by atoms with Gasteiger partial charge in [-0.25, -0.2) is 0 Å². The van der Waals surface area contributed by atoms with Crippen molar-refractivity contribution < 1.29 is 23.8 Å². The molecule has 1 saturated heterocycles. The molecule has 0 aromatic heterocycles. The summed E-state index contributed by atoms with van der Waals surface area (Å²) >= 11 is 0. The number of methoxy groups -OCH3 is 3. The van der Waals surface area contributed by atoms with Crippen LogP contribution in [-0.2, 0) is 9.59 Å². The molecule has 0 aliphatic carbocycles. The summed E-state index contributed by atoms with van der Waals surface area (Å²) in [4.78, 5) is 28.9. The smallest absolute Gasteiger partial charge is 0.229 e. The second-order valence-corrected chi connectivity index (χ2v) is 8.94. The van der Waals surface area contributed by atoms with Gasteiger partial charge in [0.05, 0.1) is 33.3 Å². The predicted molar refractivity (Wildman–Crippen MR) is 140 cm³/mol. The number of nitrogens with one attached hydrogen (secondary N) is 1. The molecule has 36 heavy (non-hydrogen) atoms. The summed E-state index contributed by atoms with van der Waals surface area (Å²) in [5, 5.41) is 3.09. The van der Waals surface area contributed by atoms with Gasteiger partial charge in [0.15, 0.2) is 11.5 Å². The first-order chi connectivity index (χ1) is 17.4. The molecule has 0 unspecified atom stereocenters. The van der Waals surface area contributed by atoms with Crippen molar-refractivity contribution in [2.24, 2.45) is 5.92 Å². The molecule has 1 heterocycles. The van der Waals surface area contributed by atoms with Crippen molar-refractivity contribution >= 4 is 23.2 Å². The van der Waals surface area contributed by atoms with E-state index < -0.39 is 12.0 Å². The zero-order chi connectivity index (χ0) is 25.8. The summed E-state index contributed by atoms with van der Waals surface area (Å²) in [5.74, 6) is 1.04. The number of piperidine rings is 1.